The maximum Gasteiger partial charge on any atom is 0.390 e. The lowest BCUT2D eigenvalue weighted by Crippen LogP contribution is -2.51. The number of rotatable bonds is 2. The van der Waals surface area contributed by atoms with Gasteiger partial charge in [-0.2, -0.15) is 13.2 Å². The Balaban J connectivity index is 2.05. The van der Waals surface area contributed by atoms with E-state index in [1.54, 1.807) is 4.90 Å². The molecule has 1 saturated heterocycles. The first-order chi connectivity index (χ1) is 4.97. The SMILES string of the molecule is OC1CN(CCC(F)(F)F)C1. The zero-order chi connectivity index (χ0) is 8.48. The molecule has 1 N–H and O–H groups in total. The van der Waals surface area contributed by atoms with E-state index in [4.69, 9.17) is 5.11 Å². The van der Waals surface area contributed by atoms with Gasteiger partial charge in [-0.3, -0.25) is 4.90 Å². The van der Waals surface area contributed by atoms with Gasteiger partial charge in [-0.25, -0.2) is 0 Å². The van der Waals surface area contributed by atoms with Crippen LogP contribution in [-0.2, 0) is 0 Å². The van der Waals surface area contributed by atoms with Crippen LogP contribution in [0.25, 0.3) is 0 Å². The highest BCUT2D eigenvalue weighted by Gasteiger charge is 2.31. The molecule has 1 heterocycles. The van der Waals surface area contributed by atoms with Crippen molar-refractivity contribution in [2.75, 3.05) is 19.6 Å². The number of aliphatic hydroxyl groups is 1. The van der Waals surface area contributed by atoms with Crippen LogP contribution in [0.4, 0.5) is 13.2 Å². The third-order valence-corrected chi connectivity index (χ3v) is 1.65. The second-order valence-electron chi connectivity index (χ2n) is 2.78. The van der Waals surface area contributed by atoms with E-state index in [0.717, 1.165) is 0 Å². The van der Waals surface area contributed by atoms with Crippen molar-refractivity contribution in [1.29, 1.82) is 0 Å². The molecule has 66 valence electrons. The normalized spacial score (nSPS) is 21.8. The lowest BCUT2D eigenvalue weighted by molar-refractivity contribution is -0.143. The average Bonchev–Trinajstić information content (AvgIpc) is 1.75. The second kappa shape index (κ2) is 2.98. The van der Waals surface area contributed by atoms with Crippen LogP contribution < -0.4 is 0 Å². The highest BCUT2D eigenvalue weighted by Crippen LogP contribution is 2.21. The maximum atomic E-state index is 11.6. The molecule has 0 spiro atoms. The summed E-state index contributed by atoms with van der Waals surface area (Å²) in [5.74, 6) is 0. The summed E-state index contributed by atoms with van der Waals surface area (Å²) >= 11 is 0. The summed E-state index contributed by atoms with van der Waals surface area (Å²) in [7, 11) is 0. The lowest BCUT2D eigenvalue weighted by Gasteiger charge is -2.35. The largest absolute Gasteiger partial charge is 0.390 e. The van der Waals surface area contributed by atoms with Gasteiger partial charge in [-0.1, -0.05) is 0 Å². The monoisotopic (exact) mass is 169 g/mol. The zero-order valence-corrected chi connectivity index (χ0v) is 5.93. The zero-order valence-electron chi connectivity index (χ0n) is 5.93. The summed E-state index contributed by atoms with van der Waals surface area (Å²) in [6, 6.07) is 0. The summed E-state index contributed by atoms with van der Waals surface area (Å²) < 4.78 is 34.8. The summed E-state index contributed by atoms with van der Waals surface area (Å²) in [4.78, 5) is 1.58. The van der Waals surface area contributed by atoms with Gasteiger partial charge in [0.25, 0.3) is 0 Å². The molecule has 0 aromatic rings. The molecule has 1 fully saturated rings. The highest BCUT2D eigenvalue weighted by molar-refractivity contribution is 4.78. The van der Waals surface area contributed by atoms with E-state index in [9.17, 15) is 13.2 Å². The van der Waals surface area contributed by atoms with Crippen molar-refractivity contribution in [3.8, 4) is 0 Å². The molecule has 0 unspecified atom stereocenters. The van der Waals surface area contributed by atoms with Crippen LogP contribution in [0.5, 0.6) is 0 Å². The first-order valence-corrected chi connectivity index (χ1v) is 3.44. The van der Waals surface area contributed by atoms with Gasteiger partial charge in [0.15, 0.2) is 0 Å². The number of nitrogens with zero attached hydrogens (tertiary/aromatic N) is 1. The third kappa shape index (κ3) is 3.07. The van der Waals surface area contributed by atoms with Gasteiger partial charge in [-0.05, 0) is 0 Å². The summed E-state index contributed by atoms with van der Waals surface area (Å²) in [6.45, 7) is 0.784. The van der Waals surface area contributed by atoms with Crippen molar-refractivity contribution in [3.05, 3.63) is 0 Å². The number of aliphatic hydroxyl groups excluding tert-OH is 1. The molecule has 0 amide bonds. The van der Waals surface area contributed by atoms with Crippen LogP contribution in [-0.4, -0.2) is 41.9 Å². The fourth-order valence-corrected chi connectivity index (χ4v) is 1.01. The van der Waals surface area contributed by atoms with E-state index in [2.05, 4.69) is 0 Å². The van der Waals surface area contributed by atoms with E-state index >= 15 is 0 Å². The number of alkyl halides is 3. The molecule has 1 aliphatic heterocycles. The quantitative estimate of drug-likeness (QED) is 0.654. The summed E-state index contributed by atoms with van der Waals surface area (Å²) in [5.41, 5.74) is 0. The molecule has 0 bridgehead atoms. The van der Waals surface area contributed by atoms with Crippen LogP contribution in [0.15, 0.2) is 0 Å². The molecule has 0 radical (unpaired) electrons. The first kappa shape index (κ1) is 8.80. The van der Waals surface area contributed by atoms with Gasteiger partial charge in [0, 0.05) is 19.6 Å². The Morgan fingerprint density at radius 3 is 2.27 bits per heavy atom. The van der Waals surface area contributed by atoms with E-state index < -0.39 is 18.7 Å². The number of β-amino-alcohol motifs (C(OH)–C–C–N with tert-alkyl or cyclic N) is 1. The maximum absolute atomic E-state index is 11.6. The van der Waals surface area contributed by atoms with Crippen molar-refractivity contribution in [3.63, 3.8) is 0 Å². The number of halogens is 3. The molecule has 0 aromatic carbocycles. The summed E-state index contributed by atoms with van der Waals surface area (Å²) in [5, 5.41) is 8.72. The molecule has 0 saturated carbocycles. The van der Waals surface area contributed by atoms with E-state index in [1.807, 2.05) is 0 Å². The minimum Gasteiger partial charge on any atom is -0.390 e. The molecule has 0 atom stereocenters. The Bertz CT molecular complexity index is 130. The Labute approximate surface area is 62.6 Å². The third-order valence-electron chi connectivity index (χ3n) is 1.65. The van der Waals surface area contributed by atoms with Crippen LogP contribution in [0.2, 0.25) is 0 Å². The topological polar surface area (TPSA) is 23.5 Å². The van der Waals surface area contributed by atoms with Crippen molar-refractivity contribution in [2.24, 2.45) is 0 Å². The molecule has 5 heteroatoms. The molecule has 11 heavy (non-hydrogen) atoms. The van der Waals surface area contributed by atoms with Gasteiger partial charge in [-0.15, -0.1) is 0 Å². The molecule has 0 aromatic heterocycles. The van der Waals surface area contributed by atoms with Crippen molar-refractivity contribution < 1.29 is 18.3 Å². The number of hydrogen-bond acceptors (Lipinski definition) is 2. The van der Waals surface area contributed by atoms with Crippen molar-refractivity contribution >= 4 is 0 Å². The van der Waals surface area contributed by atoms with Crippen LogP contribution in [0, 0.1) is 0 Å². The Morgan fingerprint density at radius 1 is 1.36 bits per heavy atom. The minimum absolute atomic E-state index is 0.0144. The molecular weight excluding hydrogens is 159 g/mol. The van der Waals surface area contributed by atoms with Crippen LogP contribution >= 0.6 is 0 Å². The number of hydrogen-bond donors (Lipinski definition) is 1. The van der Waals surface area contributed by atoms with Gasteiger partial charge in [0.2, 0.25) is 0 Å². The average molecular weight is 169 g/mol. The van der Waals surface area contributed by atoms with Gasteiger partial charge in [0.05, 0.1) is 12.5 Å². The van der Waals surface area contributed by atoms with Gasteiger partial charge in [0.1, 0.15) is 0 Å². The first-order valence-electron chi connectivity index (χ1n) is 3.44. The summed E-state index contributed by atoms with van der Waals surface area (Å²) in [6.07, 6.45) is -5.26. The van der Waals surface area contributed by atoms with Gasteiger partial charge >= 0.3 is 6.18 Å². The molecular formula is C6H10F3NO. The Kier molecular flexibility index (Phi) is 2.39. The standard InChI is InChI=1S/C6H10F3NO/c7-6(8,9)1-2-10-3-5(11)4-10/h5,11H,1-4H2. The Morgan fingerprint density at radius 2 is 1.91 bits per heavy atom. The molecule has 1 aliphatic rings. The molecule has 0 aliphatic carbocycles. The fraction of sp³-hybridized carbons (Fsp3) is 1.00. The van der Waals surface area contributed by atoms with Crippen LogP contribution in [0.1, 0.15) is 6.42 Å². The molecule has 1 rings (SSSR count). The van der Waals surface area contributed by atoms with Crippen molar-refractivity contribution in [2.45, 2.75) is 18.7 Å². The minimum atomic E-state index is -4.07. The highest BCUT2D eigenvalue weighted by atomic mass is 19.4. The van der Waals surface area contributed by atoms with E-state index in [-0.39, 0.29) is 6.54 Å². The fourth-order valence-electron chi connectivity index (χ4n) is 1.01. The van der Waals surface area contributed by atoms with Crippen molar-refractivity contribution in [1.82, 2.24) is 4.90 Å². The Hall–Kier alpha value is -0.290. The van der Waals surface area contributed by atoms with Crippen LogP contribution in [0.3, 0.4) is 0 Å². The van der Waals surface area contributed by atoms with E-state index in [1.165, 1.54) is 0 Å². The molecule has 2 nitrogen and oxygen atoms in total. The lowest BCUT2D eigenvalue weighted by atomic mass is 10.1. The van der Waals surface area contributed by atoms with Gasteiger partial charge < -0.3 is 5.11 Å². The second-order valence-corrected chi connectivity index (χ2v) is 2.78. The predicted octanol–water partition coefficient (Wildman–Crippen LogP) is 0.615. The predicted molar refractivity (Wildman–Crippen MR) is 33.1 cm³/mol. The number of likely N-dealkylation sites (tertiary alicyclic amines) is 1. The van der Waals surface area contributed by atoms with E-state index in [0.29, 0.717) is 13.1 Å². The smallest absolute Gasteiger partial charge is 0.390 e.